The lowest BCUT2D eigenvalue weighted by Gasteiger charge is -2.18. The minimum Gasteiger partial charge on any atom is -0.305 e. The molecule has 16 heavy (non-hydrogen) atoms. The molecule has 0 radical (unpaired) electrons. The third-order valence-corrected chi connectivity index (χ3v) is 5.43. The first-order valence-corrected chi connectivity index (χ1v) is 8.01. The lowest BCUT2D eigenvalue weighted by Crippen LogP contribution is -2.12. The van der Waals surface area contributed by atoms with Crippen LogP contribution in [0.4, 0.5) is 0 Å². The highest BCUT2D eigenvalue weighted by Crippen LogP contribution is 2.48. The SMILES string of the molecule is CCOP(=O)(OCC)c1ccc(Br)cc1Br. The first-order chi connectivity index (χ1) is 7.53. The average molecular weight is 372 g/mol. The third-order valence-electron chi connectivity index (χ3n) is 1.80. The van der Waals surface area contributed by atoms with Gasteiger partial charge in [0.2, 0.25) is 0 Å². The van der Waals surface area contributed by atoms with Crippen molar-refractivity contribution in [1.29, 1.82) is 0 Å². The van der Waals surface area contributed by atoms with E-state index in [0.29, 0.717) is 23.0 Å². The summed E-state index contributed by atoms with van der Waals surface area (Å²) >= 11 is 6.70. The second-order valence-electron chi connectivity index (χ2n) is 2.93. The monoisotopic (exact) mass is 370 g/mol. The van der Waals surface area contributed by atoms with Gasteiger partial charge in [-0.3, -0.25) is 4.57 Å². The molecule has 6 heteroatoms. The molecule has 0 saturated heterocycles. The summed E-state index contributed by atoms with van der Waals surface area (Å²) in [6.07, 6.45) is 0. The maximum absolute atomic E-state index is 12.5. The van der Waals surface area contributed by atoms with Gasteiger partial charge in [0, 0.05) is 8.95 Å². The fraction of sp³-hybridized carbons (Fsp3) is 0.400. The maximum atomic E-state index is 12.5. The van der Waals surface area contributed by atoms with Gasteiger partial charge in [0.15, 0.2) is 0 Å². The zero-order chi connectivity index (χ0) is 12.2. The Kier molecular flexibility index (Phi) is 5.68. The Bertz CT molecular complexity index is 399. The molecular formula is C10H13Br2O3P. The molecule has 0 aliphatic carbocycles. The standard InChI is InChI=1S/C10H13Br2O3P/c1-3-14-16(13,15-4-2)10-6-5-8(11)7-9(10)12/h5-7H,3-4H2,1-2H3. The molecule has 0 atom stereocenters. The van der Waals surface area contributed by atoms with Gasteiger partial charge in [-0.25, -0.2) is 0 Å². The molecule has 0 aromatic heterocycles. The number of halogens is 2. The van der Waals surface area contributed by atoms with Crippen LogP contribution in [-0.4, -0.2) is 13.2 Å². The van der Waals surface area contributed by atoms with E-state index in [0.717, 1.165) is 4.47 Å². The van der Waals surface area contributed by atoms with Crippen LogP contribution in [0.1, 0.15) is 13.8 Å². The second kappa shape index (κ2) is 6.31. The summed E-state index contributed by atoms with van der Waals surface area (Å²) in [5.41, 5.74) is 0. The molecule has 3 nitrogen and oxygen atoms in total. The van der Waals surface area contributed by atoms with Crippen molar-refractivity contribution in [3.8, 4) is 0 Å². The fourth-order valence-corrected chi connectivity index (χ4v) is 4.53. The van der Waals surface area contributed by atoms with Crippen molar-refractivity contribution in [1.82, 2.24) is 0 Å². The predicted octanol–water partition coefficient (Wildman–Crippen LogP) is 4.10. The van der Waals surface area contributed by atoms with Gasteiger partial charge in [0.1, 0.15) is 0 Å². The second-order valence-corrected chi connectivity index (χ2v) is 6.69. The Morgan fingerprint density at radius 1 is 1.19 bits per heavy atom. The van der Waals surface area contributed by atoms with Crippen LogP contribution in [0, 0.1) is 0 Å². The summed E-state index contributed by atoms with van der Waals surface area (Å²) in [5, 5.41) is 0.555. The molecule has 0 bridgehead atoms. The van der Waals surface area contributed by atoms with Crippen LogP contribution in [0.5, 0.6) is 0 Å². The highest BCUT2D eigenvalue weighted by Gasteiger charge is 2.28. The topological polar surface area (TPSA) is 35.5 Å². The molecule has 90 valence electrons. The van der Waals surface area contributed by atoms with E-state index in [2.05, 4.69) is 31.9 Å². The fourth-order valence-electron chi connectivity index (χ4n) is 1.22. The lowest BCUT2D eigenvalue weighted by molar-refractivity contribution is 0.230. The molecular weight excluding hydrogens is 359 g/mol. The Morgan fingerprint density at radius 3 is 2.19 bits per heavy atom. The summed E-state index contributed by atoms with van der Waals surface area (Å²) < 4.78 is 24.6. The largest absolute Gasteiger partial charge is 0.362 e. The van der Waals surface area contributed by atoms with Gasteiger partial charge in [-0.1, -0.05) is 15.9 Å². The van der Waals surface area contributed by atoms with Gasteiger partial charge in [-0.2, -0.15) is 0 Å². The molecule has 0 aliphatic heterocycles. The van der Waals surface area contributed by atoms with Crippen LogP contribution in [0.25, 0.3) is 0 Å². The van der Waals surface area contributed by atoms with Gasteiger partial charge in [0.25, 0.3) is 0 Å². The Labute approximate surface area is 112 Å². The lowest BCUT2D eigenvalue weighted by atomic mass is 10.4. The Hall–Kier alpha value is 0.330. The zero-order valence-corrected chi connectivity index (χ0v) is 13.1. The van der Waals surface area contributed by atoms with Crippen LogP contribution in [-0.2, 0) is 13.6 Å². The van der Waals surface area contributed by atoms with Gasteiger partial charge >= 0.3 is 7.60 Å². The molecule has 0 aliphatic rings. The van der Waals surface area contributed by atoms with Crippen molar-refractivity contribution in [2.24, 2.45) is 0 Å². The Balaban J connectivity index is 3.15. The third kappa shape index (κ3) is 3.41. The molecule has 1 rings (SSSR count). The number of benzene rings is 1. The van der Waals surface area contributed by atoms with E-state index in [1.807, 2.05) is 12.1 Å². The molecule has 0 amide bonds. The molecule has 0 N–H and O–H groups in total. The number of rotatable bonds is 5. The van der Waals surface area contributed by atoms with E-state index in [-0.39, 0.29) is 0 Å². The normalized spacial score (nSPS) is 11.8. The highest BCUT2D eigenvalue weighted by atomic mass is 79.9. The highest BCUT2D eigenvalue weighted by molar-refractivity contribution is 9.11. The first-order valence-electron chi connectivity index (χ1n) is 4.88. The van der Waals surface area contributed by atoms with Crippen molar-refractivity contribution < 1.29 is 13.6 Å². The van der Waals surface area contributed by atoms with Crippen molar-refractivity contribution in [3.05, 3.63) is 27.1 Å². The quantitative estimate of drug-likeness (QED) is 0.731. The van der Waals surface area contributed by atoms with Crippen LogP contribution in [0.3, 0.4) is 0 Å². The maximum Gasteiger partial charge on any atom is 0.362 e. The average Bonchev–Trinajstić information content (AvgIpc) is 2.17. The van der Waals surface area contributed by atoms with Gasteiger partial charge in [0.05, 0.1) is 18.5 Å². The van der Waals surface area contributed by atoms with Gasteiger partial charge < -0.3 is 9.05 Å². The number of hydrogen-bond donors (Lipinski definition) is 0. The zero-order valence-electron chi connectivity index (χ0n) is 9.07. The van der Waals surface area contributed by atoms with E-state index < -0.39 is 7.60 Å². The van der Waals surface area contributed by atoms with Crippen LogP contribution < -0.4 is 5.30 Å². The minimum absolute atomic E-state index is 0.347. The van der Waals surface area contributed by atoms with Crippen LogP contribution >= 0.6 is 39.5 Å². The summed E-state index contributed by atoms with van der Waals surface area (Å²) in [6.45, 7) is 4.27. The van der Waals surface area contributed by atoms with Crippen LogP contribution in [0.15, 0.2) is 27.1 Å². The van der Waals surface area contributed by atoms with Crippen molar-refractivity contribution in [3.63, 3.8) is 0 Å². The van der Waals surface area contributed by atoms with Crippen molar-refractivity contribution >= 4 is 44.8 Å². The van der Waals surface area contributed by atoms with Crippen molar-refractivity contribution in [2.75, 3.05) is 13.2 Å². The molecule has 0 saturated carbocycles. The van der Waals surface area contributed by atoms with E-state index in [9.17, 15) is 4.57 Å². The molecule has 0 unspecified atom stereocenters. The summed E-state index contributed by atoms with van der Waals surface area (Å²) in [5.74, 6) is 0. The number of hydrogen-bond acceptors (Lipinski definition) is 3. The van der Waals surface area contributed by atoms with E-state index in [1.165, 1.54) is 0 Å². The summed E-state index contributed by atoms with van der Waals surface area (Å²) in [4.78, 5) is 0. The molecule has 0 fully saturated rings. The molecule has 0 heterocycles. The van der Waals surface area contributed by atoms with Gasteiger partial charge in [-0.05, 0) is 48.0 Å². The molecule has 1 aromatic carbocycles. The van der Waals surface area contributed by atoms with E-state index in [4.69, 9.17) is 9.05 Å². The first kappa shape index (κ1) is 14.4. The smallest absolute Gasteiger partial charge is 0.305 e. The summed E-state index contributed by atoms with van der Waals surface area (Å²) in [6, 6.07) is 5.37. The Morgan fingerprint density at radius 2 is 1.75 bits per heavy atom. The van der Waals surface area contributed by atoms with Gasteiger partial charge in [-0.15, -0.1) is 0 Å². The molecule has 1 aromatic rings. The predicted molar refractivity (Wildman–Crippen MR) is 72.3 cm³/mol. The van der Waals surface area contributed by atoms with Crippen LogP contribution in [0.2, 0.25) is 0 Å². The van der Waals surface area contributed by atoms with Crippen molar-refractivity contribution in [2.45, 2.75) is 13.8 Å². The minimum atomic E-state index is -3.20. The molecule has 0 spiro atoms. The van der Waals surface area contributed by atoms with E-state index in [1.54, 1.807) is 19.9 Å². The summed E-state index contributed by atoms with van der Waals surface area (Å²) in [7, 11) is -3.20. The van der Waals surface area contributed by atoms with E-state index >= 15 is 0 Å².